The summed E-state index contributed by atoms with van der Waals surface area (Å²) in [4.78, 5) is 18.5. The molecule has 1 heterocycles. The van der Waals surface area contributed by atoms with E-state index in [0.29, 0.717) is 6.54 Å². The topological polar surface area (TPSA) is 34.9 Å². The lowest BCUT2D eigenvalue weighted by atomic mass is 9.62. The number of nitrogens with zero attached hydrogens (tertiary/aromatic N) is 2. The average Bonchev–Trinajstić information content (AvgIpc) is 2.71. The van der Waals surface area contributed by atoms with Crippen molar-refractivity contribution in [3.8, 4) is 11.3 Å². The van der Waals surface area contributed by atoms with E-state index in [1.165, 1.54) is 36.6 Å². The second-order valence-corrected chi connectivity index (χ2v) is 7.97. The Labute approximate surface area is 166 Å². The highest BCUT2D eigenvalue weighted by Gasteiger charge is 2.43. The predicted octanol–water partition coefficient (Wildman–Crippen LogP) is 5.60. The Balaban J connectivity index is 0.00000102. The van der Waals surface area contributed by atoms with Crippen molar-refractivity contribution in [1.29, 1.82) is 0 Å². The van der Waals surface area contributed by atoms with Crippen LogP contribution in [0.15, 0.2) is 46.9 Å². The van der Waals surface area contributed by atoms with Crippen LogP contribution in [0.4, 0.5) is 0 Å². The van der Waals surface area contributed by atoms with Crippen molar-refractivity contribution in [2.75, 3.05) is 6.26 Å². The molecule has 0 atom stereocenters. The van der Waals surface area contributed by atoms with E-state index in [1.807, 2.05) is 20.1 Å². The Morgan fingerprint density at radius 2 is 1.93 bits per heavy atom. The van der Waals surface area contributed by atoms with Gasteiger partial charge in [0.15, 0.2) is 5.16 Å². The molecule has 2 aliphatic rings. The van der Waals surface area contributed by atoms with E-state index >= 15 is 0 Å². The lowest BCUT2D eigenvalue weighted by Gasteiger charge is -2.42. The van der Waals surface area contributed by atoms with Gasteiger partial charge in [0, 0.05) is 17.5 Å². The maximum atomic E-state index is 13.5. The number of allylic oxidation sites excluding steroid dienone is 1. The van der Waals surface area contributed by atoms with E-state index in [4.69, 9.17) is 4.98 Å². The highest BCUT2D eigenvalue weighted by atomic mass is 32.2. The van der Waals surface area contributed by atoms with Crippen LogP contribution in [-0.4, -0.2) is 15.8 Å². The smallest absolute Gasteiger partial charge is 0.258 e. The first kappa shape index (κ1) is 19.9. The Kier molecular flexibility index (Phi) is 6.25. The summed E-state index contributed by atoms with van der Waals surface area (Å²) in [7, 11) is 0. The SMILES string of the molecule is C=CCn1c(SC)nc2c(c1=O)C1(CCCCC1)Cc1ccccc1-2.CC. The molecule has 2 aliphatic carbocycles. The van der Waals surface area contributed by atoms with Crippen LogP contribution >= 0.6 is 11.8 Å². The molecule has 1 aromatic carbocycles. The van der Waals surface area contributed by atoms with E-state index in [1.54, 1.807) is 10.6 Å². The quantitative estimate of drug-likeness (QED) is 0.393. The van der Waals surface area contributed by atoms with Crippen LogP contribution in [-0.2, 0) is 18.4 Å². The normalized spacial score (nSPS) is 16.7. The number of hydrogen-bond acceptors (Lipinski definition) is 3. The number of rotatable bonds is 3. The molecule has 0 aliphatic heterocycles. The van der Waals surface area contributed by atoms with Crippen molar-refractivity contribution in [3.63, 3.8) is 0 Å². The molecule has 0 bridgehead atoms. The minimum Gasteiger partial charge on any atom is -0.283 e. The summed E-state index contributed by atoms with van der Waals surface area (Å²) >= 11 is 1.54. The van der Waals surface area contributed by atoms with Crippen molar-refractivity contribution in [2.24, 2.45) is 0 Å². The summed E-state index contributed by atoms with van der Waals surface area (Å²) in [6.07, 6.45) is 10.6. The zero-order chi connectivity index (χ0) is 19.4. The van der Waals surface area contributed by atoms with Crippen molar-refractivity contribution < 1.29 is 0 Å². The molecule has 4 heteroatoms. The van der Waals surface area contributed by atoms with E-state index < -0.39 is 0 Å². The fourth-order valence-corrected chi connectivity index (χ4v) is 5.23. The van der Waals surface area contributed by atoms with Gasteiger partial charge in [0.1, 0.15) is 0 Å². The predicted molar refractivity (Wildman–Crippen MR) is 116 cm³/mol. The van der Waals surface area contributed by atoms with Gasteiger partial charge in [0.05, 0.1) is 11.3 Å². The van der Waals surface area contributed by atoms with E-state index in [9.17, 15) is 4.79 Å². The molecule has 1 spiro atoms. The van der Waals surface area contributed by atoms with Crippen molar-refractivity contribution in [3.05, 3.63) is 58.4 Å². The van der Waals surface area contributed by atoms with Crippen LogP contribution in [0, 0.1) is 0 Å². The summed E-state index contributed by atoms with van der Waals surface area (Å²) in [6.45, 7) is 8.35. The second kappa shape index (κ2) is 8.47. The second-order valence-electron chi connectivity index (χ2n) is 7.20. The van der Waals surface area contributed by atoms with Gasteiger partial charge in [-0.05, 0) is 31.1 Å². The van der Waals surface area contributed by atoms with Crippen molar-refractivity contribution in [1.82, 2.24) is 9.55 Å². The van der Waals surface area contributed by atoms with Gasteiger partial charge in [0.2, 0.25) is 0 Å². The first-order valence-corrected chi connectivity index (χ1v) is 11.3. The third-order valence-electron chi connectivity index (χ3n) is 5.77. The molecule has 0 unspecified atom stereocenters. The first-order chi connectivity index (χ1) is 13.2. The van der Waals surface area contributed by atoms with Gasteiger partial charge < -0.3 is 0 Å². The highest BCUT2D eigenvalue weighted by molar-refractivity contribution is 7.98. The number of benzene rings is 1. The maximum Gasteiger partial charge on any atom is 0.258 e. The lowest BCUT2D eigenvalue weighted by Crippen LogP contribution is -2.43. The molecule has 144 valence electrons. The average molecular weight is 383 g/mol. The minimum atomic E-state index is -0.0358. The zero-order valence-corrected chi connectivity index (χ0v) is 17.6. The van der Waals surface area contributed by atoms with Gasteiger partial charge in [-0.3, -0.25) is 9.36 Å². The van der Waals surface area contributed by atoms with Gasteiger partial charge in [0.25, 0.3) is 5.56 Å². The Bertz CT molecular complexity index is 878. The third kappa shape index (κ3) is 3.40. The number of aromatic nitrogens is 2. The van der Waals surface area contributed by atoms with E-state index in [0.717, 1.165) is 41.2 Å². The van der Waals surface area contributed by atoms with Crippen LogP contribution < -0.4 is 5.56 Å². The number of fused-ring (bicyclic) bond motifs is 4. The molecule has 4 rings (SSSR count). The third-order valence-corrected chi connectivity index (χ3v) is 6.45. The molecule has 1 saturated carbocycles. The summed E-state index contributed by atoms with van der Waals surface area (Å²) in [5.74, 6) is 0. The summed E-state index contributed by atoms with van der Waals surface area (Å²) < 4.78 is 1.81. The van der Waals surface area contributed by atoms with Gasteiger partial charge in [-0.15, -0.1) is 6.58 Å². The molecule has 1 fully saturated rings. The number of hydrogen-bond donors (Lipinski definition) is 0. The van der Waals surface area contributed by atoms with Crippen LogP contribution in [0.2, 0.25) is 0 Å². The van der Waals surface area contributed by atoms with E-state index in [2.05, 4.69) is 30.8 Å². The Morgan fingerprint density at radius 3 is 2.59 bits per heavy atom. The minimum absolute atomic E-state index is 0.0358. The number of thioether (sulfide) groups is 1. The standard InChI is InChI=1S/C21H24N2OS.C2H6/c1-3-13-23-19(24)17-18(22-20(23)25-2)16-10-6-5-9-15(16)14-21(17)11-7-4-8-12-21;1-2/h3,5-6,9-10H,1,4,7-8,11-14H2,2H3;1-2H3. The molecule has 0 radical (unpaired) electrons. The molecule has 0 saturated heterocycles. The van der Waals surface area contributed by atoms with Crippen LogP contribution in [0.1, 0.15) is 57.1 Å². The Hall–Kier alpha value is -1.81. The Morgan fingerprint density at radius 1 is 1.22 bits per heavy atom. The van der Waals surface area contributed by atoms with Crippen LogP contribution in [0.5, 0.6) is 0 Å². The molecule has 0 amide bonds. The monoisotopic (exact) mass is 382 g/mol. The lowest BCUT2D eigenvalue weighted by molar-refractivity contribution is 0.282. The van der Waals surface area contributed by atoms with Gasteiger partial charge in [-0.2, -0.15) is 0 Å². The van der Waals surface area contributed by atoms with E-state index in [-0.39, 0.29) is 11.0 Å². The van der Waals surface area contributed by atoms with Gasteiger partial charge in [-0.25, -0.2) is 4.98 Å². The molecule has 0 N–H and O–H groups in total. The van der Waals surface area contributed by atoms with Crippen LogP contribution in [0.25, 0.3) is 11.3 Å². The highest BCUT2D eigenvalue weighted by Crippen LogP contribution is 2.48. The largest absolute Gasteiger partial charge is 0.283 e. The summed E-state index contributed by atoms with van der Waals surface area (Å²) in [6, 6.07) is 8.49. The fraction of sp³-hybridized carbons (Fsp3) is 0.478. The van der Waals surface area contributed by atoms with Crippen molar-refractivity contribution in [2.45, 2.75) is 69.5 Å². The molecule has 2 aromatic rings. The van der Waals surface area contributed by atoms with Crippen molar-refractivity contribution >= 4 is 11.8 Å². The zero-order valence-electron chi connectivity index (χ0n) is 16.8. The fourth-order valence-electron chi connectivity index (χ4n) is 4.67. The molecular formula is C23H30N2OS. The maximum absolute atomic E-state index is 13.5. The summed E-state index contributed by atoms with van der Waals surface area (Å²) in [5, 5.41) is 0.784. The van der Waals surface area contributed by atoms with Gasteiger partial charge in [-0.1, -0.05) is 75.2 Å². The molecular weight excluding hydrogens is 352 g/mol. The van der Waals surface area contributed by atoms with Crippen LogP contribution in [0.3, 0.4) is 0 Å². The molecule has 27 heavy (non-hydrogen) atoms. The molecule has 1 aromatic heterocycles. The van der Waals surface area contributed by atoms with Gasteiger partial charge >= 0.3 is 0 Å². The molecule has 3 nitrogen and oxygen atoms in total. The summed E-state index contributed by atoms with van der Waals surface area (Å²) in [5.41, 5.74) is 4.49. The first-order valence-electron chi connectivity index (χ1n) is 10.1.